The lowest BCUT2D eigenvalue weighted by Crippen LogP contribution is -2.50. The van der Waals surface area contributed by atoms with Crippen LogP contribution in [0.3, 0.4) is 0 Å². The molecular weight excluding hydrogens is 394 g/mol. The summed E-state index contributed by atoms with van der Waals surface area (Å²) in [4.78, 5) is 17.3. The molecule has 166 valence electrons. The number of carbonyl (C=O) groups excluding carboxylic acids is 1. The summed E-state index contributed by atoms with van der Waals surface area (Å²) in [5, 5.41) is 3.64. The summed E-state index contributed by atoms with van der Waals surface area (Å²) in [6, 6.07) is 9.06. The molecule has 1 N–H and O–H groups in total. The normalized spacial score (nSPS) is 23.9. The highest BCUT2D eigenvalue weighted by Gasteiger charge is 2.31. The largest absolute Gasteiger partial charge is 0.353 e. The molecule has 1 amide bonds. The Kier molecular flexibility index (Phi) is 9.23. The lowest BCUT2D eigenvalue weighted by atomic mass is 9.84. The van der Waals surface area contributed by atoms with E-state index in [0.29, 0.717) is 11.6 Å². The van der Waals surface area contributed by atoms with Gasteiger partial charge in [0.2, 0.25) is 5.91 Å². The Balaban J connectivity index is 1.30. The summed E-state index contributed by atoms with van der Waals surface area (Å²) in [6.07, 6.45) is 12.5. The first kappa shape index (κ1) is 23.3. The molecule has 0 aromatic heterocycles. The topological polar surface area (TPSA) is 35.6 Å². The van der Waals surface area contributed by atoms with Crippen LogP contribution in [0.2, 0.25) is 5.02 Å². The van der Waals surface area contributed by atoms with Gasteiger partial charge in [0.15, 0.2) is 0 Å². The smallest absolute Gasteiger partial charge is 0.244 e. The Bertz CT molecular complexity index is 699. The summed E-state index contributed by atoms with van der Waals surface area (Å²) in [6.45, 7) is 6.57. The van der Waals surface area contributed by atoms with Gasteiger partial charge >= 0.3 is 0 Å². The van der Waals surface area contributed by atoms with Crippen LogP contribution in [0.15, 0.2) is 30.3 Å². The van der Waals surface area contributed by atoms with Gasteiger partial charge in [-0.2, -0.15) is 0 Å². The van der Waals surface area contributed by atoms with E-state index >= 15 is 0 Å². The number of halogens is 1. The second kappa shape index (κ2) is 11.9. The van der Waals surface area contributed by atoms with Crippen LogP contribution in [0.25, 0.3) is 6.08 Å². The molecule has 1 aliphatic heterocycles. The van der Waals surface area contributed by atoms with Crippen LogP contribution in [0.4, 0.5) is 0 Å². The molecule has 1 aliphatic carbocycles. The third kappa shape index (κ3) is 6.83. The number of likely N-dealkylation sites (tertiary alicyclic amines) is 1. The second-order valence-electron chi connectivity index (χ2n) is 9.07. The van der Waals surface area contributed by atoms with Crippen LogP contribution < -0.4 is 5.32 Å². The third-order valence-electron chi connectivity index (χ3n) is 6.99. The zero-order valence-electron chi connectivity index (χ0n) is 18.7. The van der Waals surface area contributed by atoms with Crippen LogP contribution in [0, 0.1) is 5.92 Å². The van der Waals surface area contributed by atoms with Crippen LogP contribution in [0.5, 0.6) is 0 Å². The third-order valence-corrected chi connectivity index (χ3v) is 7.34. The van der Waals surface area contributed by atoms with E-state index in [9.17, 15) is 4.79 Å². The molecule has 2 atom stereocenters. The van der Waals surface area contributed by atoms with Crippen LogP contribution in [-0.2, 0) is 4.79 Å². The van der Waals surface area contributed by atoms with Crippen LogP contribution >= 0.6 is 11.6 Å². The minimum Gasteiger partial charge on any atom is -0.353 e. The van der Waals surface area contributed by atoms with E-state index in [-0.39, 0.29) is 5.91 Å². The molecule has 3 rings (SSSR count). The first-order chi connectivity index (χ1) is 14.5. The molecule has 4 nitrogen and oxygen atoms in total. The van der Waals surface area contributed by atoms with Gasteiger partial charge in [-0.05, 0) is 82.4 Å². The fraction of sp³-hybridized carbons (Fsp3) is 0.640. The summed E-state index contributed by atoms with van der Waals surface area (Å²) >= 11 is 6.11. The van der Waals surface area contributed by atoms with Gasteiger partial charge in [0.25, 0.3) is 0 Å². The fourth-order valence-corrected chi connectivity index (χ4v) is 5.27. The first-order valence-electron chi connectivity index (χ1n) is 11.7. The van der Waals surface area contributed by atoms with E-state index in [1.54, 1.807) is 12.2 Å². The Morgan fingerprint density at radius 3 is 2.67 bits per heavy atom. The highest BCUT2D eigenvalue weighted by Crippen LogP contribution is 2.30. The van der Waals surface area contributed by atoms with Gasteiger partial charge in [-0.1, -0.05) is 49.6 Å². The maximum atomic E-state index is 12.0. The molecule has 1 heterocycles. The van der Waals surface area contributed by atoms with Gasteiger partial charge in [-0.15, -0.1) is 0 Å². The zero-order valence-corrected chi connectivity index (χ0v) is 19.4. The molecule has 1 aromatic rings. The van der Waals surface area contributed by atoms with Crippen molar-refractivity contribution >= 4 is 23.6 Å². The molecule has 0 radical (unpaired) electrons. The van der Waals surface area contributed by atoms with E-state index in [1.807, 2.05) is 24.3 Å². The van der Waals surface area contributed by atoms with Crippen molar-refractivity contribution < 1.29 is 4.79 Å². The number of nitrogens with one attached hydrogen (secondary N) is 1. The lowest BCUT2D eigenvalue weighted by Gasteiger charge is -2.44. The molecule has 1 aromatic carbocycles. The highest BCUT2D eigenvalue weighted by atomic mass is 35.5. The maximum absolute atomic E-state index is 12.0. The van der Waals surface area contributed by atoms with Gasteiger partial charge in [0.05, 0.1) is 0 Å². The molecule has 2 aliphatic rings. The SMILES string of the molecule is C[C@@H]1CCCC[C@H]1N(C)C1CCN(CCCNC(=O)/C=C/c2ccccc2Cl)CC1. The van der Waals surface area contributed by atoms with Gasteiger partial charge in [0, 0.05) is 29.7 Å². The molecular formula is C25H38ClN3O. The average molecular weight is 432 g/mol. The number of piperidine rings is 1. The number of carbonyl (C=O) groups is 1. The summed E-state index contributed by atoms with van der Waals surface area (Å²) in [5.74, 6) is 0.786. The van der Waals surface area contributed by atoms with Crippen molar-refractivity contribution in [3.63, 3.8) is 0 Å². The van der Waals surface area contributed by atoms with Crippen LogP contribution in [0.1, 0.15) is 57.4 Å². The fourth-order valence-electron chi connectivity index (χ4n) is 5.07. The van der Waals surface area contributed by atoms with Crippen molar-refractivity contribution in [2.24, 2.45) is 5.92 Å². The van der Waals surface area contributed by atoms with Crippen molar-refractivity contribution in [3.8, 4) is 0 Å². The number of amides is 1. The van der Waals surface area contributed by atoms with Gasteiger partial charge < -0.3 is 15.1 Å². The number of rotatable bonds is 8. The van der Waals surface area contributed by atoms with Crippen LogP contribution in [-0.4, -0.2) is 61.0 Å². The van der Waals surface area contributed by atoms with Crippen molar-refractivity contribution in [1.29, 1.82) is 0 Å². The monoisotopic (exact) mass is 431 g/mol. The highest BCUT2D eigenvalue weighted by molar-refractivity contribution is 6.32. The maximum Gasteiger partial charge on any atom is 0.244 e. The van der Waals surface area contributed by atoms with Crippen molar-refractivity contribution in [3.05, 3.63) is 40.9 Å². The first-order valence-corrected chi connectivity index (χ1v) is 12.1. The minimum absolute atomic E-state index is 0.0585. The molecule has 0 spiro atoms. The molecule has 0 unspecified atom stereocenters. The molecule has 2 fully saturated rings. The van der Waals surface area contributed by atoms with E-state index in [1.165, 1.54) is 51.6 Å². The van der Waals surface area contributed by atoms with E-state index < -0.39 is 0 Å². The number of benzene rings is 1. The molecule has 1 saturated carbocycles. The van der Waals surface area contributed by atoms with Crippen molar-refractivity contribution in [1.82, 2.24) is 15.1 Å². The predicted molar refractivity (Wildman–Crippen MR) is 127 cm³/mol. The van der Waals surface area contributed by atoms with Crippen molar-refractivity contribution in [2.45, 2.75) is 64.0 Å². The van der Waals surface area contributed by atoms with Gasteiger partial charge in [0.1, 0.15) is 0 Å². The average Bonchev–Trinajstić information content (AvgIpc) is 2.76. The quantitative estimate of drug-likeness (QED) is 0.472. The standard InChI is InChI=1S/C25H38ClN3O/c1-20-8-3-6-11-24(20)28(2)22-14-18-29(19-15-22)17-7-16-27-25(30)13-12-21-9-4-5-10-23(21)26/h4-5,9-10,12-13,20,22,24H,3,6-8,11,14-19H2,1-2H3,(H,27,30)/b13-12+/t20-,24-/m1/s1. The second-order valence-corrected chi connectivity index (χ2v) is 9.47. The molecule has 0 bridgehead atoms. The van der Waals surface area contributed by atoms with Crippen molar-refractivity contribution in [2.75, 3.05) is 33.2 Å². The van der Waals surface area contributed by atoms with E-state index in [2.05, 4.69) is 29.1 Å². The zero-order chi connectivity index (χ0) is 21.3. The lowest BCUT2D eigenvalue weighted by molar-refractivity contribution is -0.116. The predicted octanol–water partition coefficient (Wildman–Crippen LogP) is 4.83. The number of nitrogens with zero attached hydrogens (tertiary/aromatic N) is 2. The molecule has 1 saturated heterocycles. The Morgan fingerprint density at radius 2 is 1.93 bits per heavy atom. The Hall–Kier alpha value is -1.36. The van der Waals surface area contributed by atoms with E-state index in [4.69, 9.17) is 11.6 Å². The molecule has 30 heavy (non-hydrogen) atoms. The summed E-state index contributed by atoms with van der Waals surface area (Å²) in [5.41, 5.74) is 0.866. The number of hydrogen-bond acceptors (Lipinski definition) is 3. The summed E-state index contributed by atoms with van der Waals surface area (Å²) < 4.78 is 0. The number of hydrogen-bond donors (Lipinski definition) is 1. The molecule has 5 heteroatoms. The Labute approximate surface area is 187 Å². The Morgan fingerprint density at radius 1 is 1.20 bits per heavy atom. The van der Waals surface area contributed by atoms with Gasteiger partial charge in [-0.25, -0.2) is 0 Å². The van der Waals surface area contributed by atoms with E-state index in [0.717, 1.165) is 36.5 Å². The summed E-state index contributed by atoms with van der Waals surface area (Å²) in [7, 11) is 2.36. The minimum atomic E-state index is -0.0585. The van der Waals surface area contributed by atoms with Gasteiger partial charge in [-0.3, -0.25) is 4.79 Å².